The third kappa shape index (κ3) is 2.51. The Hall–Kier alpha value is -1.96. The van der Waals surface area contributed by atoms with E-state index in [2.05, 4.69) is 25.9 Å². The van der Waals surface area contributed by atoms with Gasteiger partial charge in [0, 0.05) is 24.2 Å². The molecule has 3 rings (SSSR count). The van der Waals surface area contributed by atoms with Gasteiger partial charge in [-0.1, -0.05) is 0 Å². The van der Waals surface area contributed by atoms with Crippen LogP contribution in [0.3, 0.4) is 0 Å². The van der Waals surface area contributed by atoms with E-state index in [1.54, 1.807) is 16.8 Å². The van der Waals surface area contributed by atoms with Crippen molar-refractivity contribution >= 4 is 21.6 Å². The first-order valence-electron chi connectivity index (χ1n) is 5.72. The molecule has 0 radical (unpaired) electrons. The minimum absolute atomic E-state index is 0.0412. The van der Waals surface area contributed by atoms with Gasteiger partial charge < -0.3 is 4.40 Å². The standard InChI is InChI=1S/C13H6BrF4N3/c14-10-6-21-4-3-19-12(21)11(20-10)8-2-1-7(5-9(8)15)13(16,17)18/h1-6H. The molecule has 0 fully saturated rings. The van der Waals surface area contributed by atoms with Crippen molar-refractivity contribution in [2.45, 2.75) is 6.18 Å². The van der Waals surface area contributed by atoms with Crippen molar-refractivity contribution in [1.29, 1.82) is 0 Å². The lowest BCUT2D eigenvalue weighted by molar-refractivity contribution is -0.137. The Kier molecular flexibility index (Phi) is 3.20. The second-order valence-corrected chi connectivity index (χ2v) is 5.08. The lowest BCUT2D eigenvalue weighted by Crippen LogP contribution is -2.06. The van der Waals surface area contributed by atoms with E-state index in [-0.39, 0.29) is 11.3 Å². The van der Waals surface area contributed by atoms with Gasteiger partial charge in [0.15, 0.2) is 5.65 Å². The number of rotatable bonds is 1. The van der Waals surface area contributed by atoms with Gasteiger partial charge in [-0.2, -0.15) is 13.2 Å². The quantitative estimate of drug-likeness (QED) is 0.606. The van der Waals surface area contributed by atoms with E-state index >= 15 is 0 Å². The van der Waals surface area contributed by atoms with Gasteiger partial charge in [-0.05, 0) is 34.1 Å². The summed E-state index contributed by atoms with van der Waals surface area (Å²) in [5.41, 5.74) is -0.559. The molecule has 1 aromatic carbocycles. The minimum Gasteiger partial charge on any atom is -0.303 e. The molecule has 0 atom stereocenters. The van der Waals surface area contributed by atoms with Gasteiger partial charge in [-0.25, -0.2) is 14.4 Å². The lowest BCUT2D eigenvalue weighted by Gasteiger charge is -2.10. The zero-order chi connectivity index (χ0) is 15.2. The largest absolute Gasteiger partial charge is 0.416 e. The molecule has 0 spiro atoms. The maximum absolute atomic E-state index is 14.0. The van der Waals surface area contributed by atoms with Crippen LogP contribution in [0, 0.1) is 5.82 Å². The van der Waals surface area contributed by atoms with E-state index in [0.29, 0.717) is 16.3 Å². The van der Waals surface area contributed by atoms with Gasteiger partial charge in [0.2, 0.25) is 0 Å². The van der Waals surface area contributed by atoms with Crippen LogP contribution in [0.15, 0.2) is 41.4 Å². The molecule has 3 aromatic rings. The lowest BCUT2D eigenvalue weighted by atomic mass is 10.1. The number of fused-ring (bicyclic) bond motifs is 1. The number of nitrogens with zero attached hydrogens (tertiary/aromatic N) is 3. The number of halogens is 5. The topological polar surface area (TPSA) is 30.2 Å². The SMILES string of the molecule is Fc1cc(C(F)(F)F)ccc1-c1nc(Br)cn2ccnc12. The van der Waals surface area contributed by atoms with E-state index < -0.39 is 17.6 Å². The Morgan fingerprint density at radius 1 is 1.19 bits per heavy atom. The molecule has 0 unspecified atom stereocenters. The number of benzene rings is 1. The van der Waals surface area contributed by atoms with Gasteiger partial charge in [0.25, 0.3) is 0 Å². The molecule has 2 heterocycles. The summed E-state index contributed by atoms with van der Waals surface area (Å²) in [6.45, 7) is 0. The van der Waals surface area contributed by atoms with E-state index in [4.69, 9.17) is 0 Å². The van der Waals surface area contributed by atoms with Crippen molar-refractivity contribution in [3.63, 3.8) is 0 Å². The molecule has 0 saturated heterocycles. The average molecular weight is 360 g/mol. The third-order valence-corrected chi connectivity index (χ3v) is 3.28. The van der Waals surface area contributed by atoms with Crippen LogP contribution in [0.4, 0.5) is 17.6 Å². The summed E-state index contributed by atoms with van der Waals surface area (Å²) in [4.78, 5) is 8.15. The first kappa shape index (κ1) is 14.0. The fourth-order valence-corrected chi connectivity index (χ4v) is 2.36. The summed E-state index contributed by atoms with van der Waals surface area (Å²) in [7, 11) is 0. The predicted molar refractivity (Wildman–Crippen MR) is 71.1 cm³/mol. The summed E-state index contributed by atoms with van der Waals surface area (Å²) in [5.74, 6) is -1.000. The zero-order valence-electron chi connectivity index (χ0n) is 10.2. The van der Waals surface area contributed by atoms with Crippen molar-refractivity contribution in [2.75, 3.05) is 0 Å². The molecule has 0 aliphatic heterocycles. The fourth-order valence-electron chi connectivity index (χ4n) is 1.97. The van der Waals surface area contributed by atoms with Gasteiger partial charge in [0.1, 0.15) is 16.1 Å². The monoisotopic (exact) mass is 359 g/mol. The Morgan fingerprint density at radius 3 is 2.62 bits per heavy atom. The molecule has 8 heteroatoms. The molecule has 0 amide bonds. The highest BCUT2D eigenvalue weighted by Crippen LogP contribution is 2.33. The highest BCUT2D eigenvalue weighted by atomic mass is 79.9. The Labute approximate surface area is 124 Å². The number of aromatic nitrogens is 3. The molecule has 2 aromatic heterocycles. The van der Waals surface area contributed by atoms with Crippen LogP contribution in [0.5, 0.6) is 0 Å². The van der Waals surface area contributed by atoms with Gasteiger partial charge in [-0.15, -0.1) is 0 Å². The summed E-state index contributed by atoms with van der Waals surface area (Å²) in [5, 5.41) is 0. The second-order valence-electron chi connectivity index (χ2n) is 4.26. The molecule has 108 valence electrons. The second kappa shape index (κ2) is 4.80. The molecular weight excluding hydrogens is 354 g/mol. The average Bonchev–Trinajstić information content (AvgIpc) is 2.84. The smallest absolute Gasteiger partial charge is 0.303 e. The van der Waals surface area contributed by atoms with Gasteiger partial charge in [-0.3, -0.25) is 0 Å². The van der Waals surface area contributed by atoms with Crippen LogP contribution in [0.25, 0.3) is 16.9 Å². The molecule has 0 N–H and O–H groups in total. The highest BCUT2D eigenvalue weighted by molar-refractivity contribution is 9.10. The molecule has 0 bridgehead atoms. The summed E-state index contributed by atoms with van der Waals surface area (Å²) < 4.78 is 53.7. The Bertz CT molecular complexity index is 826. The minimum atomic E-state index is -4.59. The van der Waals surface area contributed by atoms with Crippen LogP contribution in [0.2, 0.25) is 0 Å². The van der Waals surface area contributed by atoms with E-state index in [9.17, 15) is 17.6 Å². The molecular formula is C13H6BrF4N3. The van der Waals surface area contributed by atoms with Crippen LogP contribution in [-0.2, 0) is 6.18 Å². The Morgan fingerprint density at radius 2 is 1.95 bits per heavy atom. The summed E-state index contributed by atoms with van der Waals surface area (Å²) >= 11 is 3.17. The first-order chi connectivity index (χ1) is 9.86. The van der Waals surface area contributed by atoms with Crippen molar-refractivity contribution in [3.05, 3.63) is 52.8 Å². The van der Waals surface area contributed by atoms with Crippen LogP contribution in [-0.4, -0.2) is 14.4 Å². The Balaban J connectivity index is 2.21. The van der Waals surface area contributed by atoms with Crippen molar-refractivity contribution in [3.8, 4) is 11.3 Å². The van der Waals surface area contributed by atoms with E-state index in [0.717, 1.165) is 12.1 Å². The molecule has 0 aliphatic rings. The van der Waals surface area contributed by atoms with Crippen molar-refractivity contribution < 1.29 is 17.6 Å². The molecule has 21 heavy (non-hydrogen) atoms. The maximum Gasteiger partial charge on any atom is 0.416 e. The molecule has 0 aliphatic carbocycles. The zero-order valence-corrected chi connectivity index (χ0v) is 11.8. The van der Waals surface area contributed by atoms with Crippen molar-refractivity contribution in [1.82, 2.24) is 14.4 Å². The van der Waals surface area contributed by atoms with Crippen LogP contribution < -0.4 is 0 Å². The van der Waals surface area contributed by atoms with E-state index in [1.807, 2.05) is 0 Å². The third-order valence-electron chi connectivity index (χ3n) is 2.90. The van der Waals surface area contributed by atoms with E-state index in [1.165, 1.54) is 6.20 Å². The van der Waals surface area contributed by atoms with Crippen LogP contribution in [0.1, 0.15) is 5.56 Å². The van der Waals surface area contributed by atoms with Crippen molar-refractivity contribution in [2.24, 2.45) is 0 Å². The molecule has 0 saturated carbocycles. The number of hydrogen-bond donors (Lipinski definition) is 0. The summed E-state index contributed by atoms with van der Waals surface area (Å²) in [6.07, 6.45) is 0.155. The van der Waals surface area contributed by atoms with Gasteiger partial charge in [0.05, 0.1) is 5.56 Å². The molecule has 3 nitrogen and oxygen atoms in total. The number of hydrogen-bond acceptors (Lipinski definition) is 2. The highest BCUT2D eigenvalue weighted by Gasteiger charge is 2.31. The van der Waals surface area contributed by atoms with Crippen LogP contribution >= 0.6 is 15.9 Å². The fraction of sp³-hybridized carbons (Fsp3) is 0.0769. The maximum atomic E-state index is 14.0. The summed E-state index contributed by atoms with van der Waals surface area (Å²) in [6, 6.07) is 2.33. The predicted octanol–water partition coefficient (Wildman–Crippen LogP) is 4.32. The normalized spacial score (nSPS) is 12.0. The first-order valence-corrected chi connectivity index (χ1v) is 6.52. The number of imidazole rings is 1. The van der Waals surface area contributed by atoms with Gasteiger partial charge >= 0.3 is 6.18 Å². The number of alkyl halides is 3.